The number of benzene rings is 2. The Morgan fingerprint density at radius 2 is 1.00 bits per heavy atom. The second kappa shape index (κ2) is 7.80. The van der Waals surface area contributed by atoms with Gasteiger partial charge in [-0.15, -0.1) is 0 Å². The van der Waals surface area contributed by atoms with Crippen molar-refractivity contribution in [3.8, 4) is 12.1 Å². The number of rotatable bonds is 2. The van der Waals surface area contributed by atoms with Crippen molar-refractivity contribution in [1.29, 1.82) is 10.5 Å². The summed E-state index contributed by atoms with van der Waals surface area (Å²) in [4.78, 5) is 27.6. The van der Waals surface area contributed by atoms with Gasteiger partial charge >= 0.3 is 0 Å². The quantitative estimate of drug-likeness (QED) is 0.665. The van der Waals surface area contributed by atoms with Crippen molar-refractivity contribution in [2.24, 2.45) is 11.5 Å². The van der Waals surface area contributed by atoms with E-state index in [0.29, 0.717) is 11.1 Å². The molecular weight excluding hydrogens is 432 g/mol. The summed E-state index contributed by atoms with van der Waals surface area (Å²) in [5.74, 6) is -4.25. The maximum atomic E-state index is 13.8. The molecule has 0 aromatic heterocycles. The Hall–Kier alpha value is -5.08. The Labute approximate surface area is 194 Å². The summed E-state index contributed by atoms with van der Waals surface area (Å²) >= 11 is 0. The normalized spacial score (nSPS) is 21.8. The zero-order chi connectivity index (χ0) is 24.0. The van der Waals surface area contributed by atoms with Crippen LogP contribution < -0.4 is 11.5 Å². The summed E-state index contributed by atoms with van der Waals surface area (Å²) in [6.07, 6.45) is 0. The van der Waals surface area contributed by atoms with Crippen molar-refractivity contribution in [2.75, 3.05) is 0 Å². The lowest BCUT2D eigenvalue weighted by Gasteiger charge is -2.35. The number of allylic oxidation sites excluding steroid dienone is 4. The van der Waals surface area contributed by atoms with Crippen molar-refractivity contribution >= 4 is 11.6 Å². The highest BCUT2D eigenvalue weighted by molar-refractivity contribution is 6.25. The Morgan fingerprint density at radius 3 is 1.32 bits per heavy atom. The number of nitrogens with zero attached hydrogens (tertiary/aromatic N) is 2. The number of ketones is 2. The smallest absolute Gasteiger partial charge is 0.229 e. The van der Waals surface area contributed by atoms with E-state index < -0.39 is 23.4 Å². The summed E-state index contributed by atoms with van der Waals surface area (Å²) in [7, 11) is 0. The van der Waals surface area contributed by atoms with Crippen molar-refractivity contribution in [3.63, 3.8) is 0 Å². The third kappa shape index (κ3) is 2.90. The third-order valence-electron chi connectivity index (χ3n) is 6.01. The molecule has 4 N–H and O–H groups in total. The van der Waals surface area contributed by atoms with Gasteiger partial charge in [-0.3, -0.25) is 9.59 Å². The number of carbonyl (C=O) groups excluding carboxylic acids is 2. The highest BCUT2D eigenvalue weighted by Crippen LogP contribution is 2.49. The van der Waals surface area contributed by atoms with E-state index in [9.17, 15) is 20.1 Å². The summed E-state index contributed by atoms with van der Waals surface area (Å²) in [5.41, 5.74) is 13.1. The van der Waals surface area contributed by atoms with Gasteiger partial charge < -0.3 is 20.9 Å². The SMILES string of the molecule is N#CC1=C(N)OC2=C(C(=O)C3=C(C2=O)C(c2ccccc2)C(C#N)=C(N)O3)C1c1ccccc1. The summed E-state index contributed by atoms with van der Waals surface area (Å²) in [5, 5.41) is 19.5. The fourth-order valence-electron chi connectivity index (χ4n) is 4.52. The maximum Gasteiger partial charge on any atom is 0.229 e. The van der Waals surface area contributed by atoms with Crippen LogP contribution in [0, 0.1) is 22.7 Å². The lowest BCUT2D eigenvalue weighted by molar-refractivity contribution is -0.121. The van der Waals surface area contributed by atoms with Crippen molar-refractivity contribution in [3.05, 3.63) is 117 Å². The molecule has 5 rings (SSSR count). The molecule has 8 nitrogen and oxygen atoms in total. The van der Waals surface area contributed by atoms with Crippen LogP contribution in [0.3, 0.4) is 0 Å². The van der Waals surface area contributed by atoms with E-state index in [1.807, 2.05) is 12.1 Å². The predicted molar refractivity (Wildman–Crippen MR) is 118 cm³/mol. The largest absolute Gasteiger partial charge is 0.436 e. The first-order chi connectivity index (χ1) is 16.5. The summed E-state index contributed by atoms with van der Waals surface area (Å²) in [6.45, 7) is 0. The van der Waals surface area contributed by atoms with Gasteiger partial charge in [0, 0.05) is 0 Å². The van der Waals surface area contributed by atoms with E-state index in [2.05, 4.69) is 0 Å². The van der Waals surface area contributed by atoms with Gasteiger partial charge in [-0.2, -0.15) is 10.5 Å². The van der Waals surface area contributed by atoms with Crippen LogP contribution in [-0.4, -0.2) is 11.6 Å². The number of ether oxygens (including phenoxy) is 2. The van der Waals surface area contributed by atoms with E-state index in [-0.39, 0.29) is 45.6 Å². The molecule has 0 saturated heterocycles. The van der Waals surface area contributed by atoms with E-state index >= 15 is 0 Å². The van der Waals surface area contributed by atoms with E-state index in [1.165, 1.54) is 0 Å². The number of hydrogen-bond donors (Lipinski definition) is 2. The fraction of sp³-hybridized carbons (Fsp3) is 0.0769. The third-order valence-corrected chi connectivity index (χ3v) is 6.01. The van der Waals surface area contributed by atoms with E-state index in [4.69, 9.17) is 20.9 Å². The van der Waals surface area contributed by atoms with Gasteiger partial charge in [0.05, 0.1) is 23.0 Å². The molecule has 0 spiro atoms. The van der Waals surface area contributed by atoms with Crippen LogP contribution in [0.4, 0.5) is 0 Å². The van der Waals surface area contributed by atoms with Gasteiger partial charge in [-0.05, 0) is 11.1 Å². The van der Waals surface area contributed by atoms with Crippen molar-refractivity contribution < 1.29 is 19.1 Å². The number of Topliss-reactive ketones (excluding diaryl/α,β-unsaturated/α-hetero) is 2. The minimum Gasteiger partial charge on any atom is -0.436 e. The lowest BCUT2D eigenvalue weighted by Crippen LogP contribution is -2.38. The van der Waals surface area contributed by atoms with Gasteiger partial charge in [0.15, 0.2) is 11.5 Å². The minimum atomic E-state index is -0.929. The van der Waals surface area contributed by atoms with Crippen LogP contribution in [0.25, 0.3) is 0 Å². The average molecular weight is 448 g/mol. The molecule has 8 heteroatoms. The number of carbonyl (C=O) groups is 2. The summed E-state index contributed by atoms with van der Waals surface area (Å²) < 4.78 is 11.2. The molecule has 0 fully saturated rings. The van der Waals surface area contributed by atoms with Crippen molar-refractivity contribution in [1.82, 2.24) is 0 Å². The Kier molecular flexibility index (Phi) is 4.77. The van der Waals surface area contributed by atoms with Gasteiger partial charge in [0.2, 0.25) is 23.3 Å². The Bertz CT molecular complexity index is 1350. The van der Waals surface area contributed by atoms with Crippen LogP contribution >= 0.6 is 0 Å². The molecule has 0 saturated carbocycles. The number of nitrogens with two attached hydrogens (primary N) is 2. The van der Waals surface area contributed by atoms with Gasteiger partial charge in [0.25, 0.3) is 0 Å². The monoisotopic (exact) mass is 448 g/mol. The maximum absolute atomic E-state index is 13.8. The molecule has 0 radical (unpaired) electrons. The van der Waals surface area contributed by atoms with E-state index in [0.717, 1.165) is 0 Å². The second-order valence-electron chi connectivity index (χ2n) is 7.81. The molecule has 2 atom stereocenters. The molecule has 2 unspecified atom stereocenters. The zero-order valence-corrected chi connectivity index (χ0v) is 17.6. The minimum absolute atomic E-state index is 0.00629. The fourth-order valence-corrected chi connectivity index (χ4v) is 4.52. The van der Waals surface area contributed by atoms with Crippen molar-refractivity contribution in [2.45, 2.75) is 11.8 Å². The molecule has 164 valence electrons. The van der Waals surface area contributed by atoms with Gasteiger partial charge in [-0.1, -0.05) is 60.7 Å². The molecule has 3 aliphatic rings. The first kappa shape index (κ1) is 20.8. The van der Waals surface area contributed by atoms with Crippen LogP contribution in [0.5, 0.6) is 0 Å². The zero-order valence-electron chi connectivity index (χ0n) is 17.6. The van der Waals surface area contributed by atoms with Crippen LogP contribution in [0.2, 0.25) is 0 Å². The molecule has 0 bridgehead atoms. The van der Waals surface area contributed by atoms with Gasteiger partial charge in [-0.25, -0.2) is 0 Å². The summed E-state index contributed by atoms with van der Waals surface area (Å²) in [6, 6.07) is 21.5. The van der Waals surface area contributed by atoms with Crippen LogP contribution in [-0.2, 0) is 19.1 Å². The topological polar surface area (TPSA) is 152 Å². The molecule has 34 heavy (non-hydrogen) atoms. The molecule has 0 amide bonds. The van der Waals surface area contributed by atoms with Crippen LogP contribution in [0.15, 0.2) is 106 Å². The molecule has 2 aliphatic heterocycles. The molecule has 1 aliphatic carbocycles. The highest BCUT2D eigenvalue weighted by atomic mass is 16.5. The first-order valence-corrected chi connectivity index (χ1v) is 10.3. The Morgan fingerprint density at radius 1 is 0.647 bits per heavy atom. The number of nitriles is 2. The van der Waals surface area contributed by atoms with Crippen LogP contribution in [0.1, 0.15) is 23.0 Å². The molecular formula is C26H16N4O4. The molecule has 2 aromatic carbocycles. The van der Waals surface area contributed by atoms with Gasteiger partial charge in [0.1, 0.15) is 23.3 Å². The number of hydrogen-bond acceptors (Lipinski definition) is 8. The second-order valence-corrected chi connectivity index (χ2v) is 7.81. The first-order valence-electron chi connectivity index (χ1n) is 10.3. The predicted octanol–water partition coefficient (Wildman–Crippen LogP) is 2.66. The molecule has 2 heterocycles. The van der Waals surface area contributed by atoms with E-state index in [1.54, 1.807) is 60.7 Å². The average Bonchev–Trinajstić information content (AvgIpc) is 2.86. The standard InChI is InChI=1S/C26H16N4O4/c27-11-15-17(13-7-3-1-4-8-13)19-21(31)24-20(22(32)23(19)33-25(15)29)18(14-9-5-2-6-10-14)16(12-28)26(30)34-24/h1-10,17-18H,29-30H2. The lowest BCUT2D eigenvalue weighted by atomic mass is 9.72. The molecule has 2 aromatic rings. The highest BCUT2D eigenvalue weighted by Gasteiger charge is 2.50. The Balaban J connectivity index is 1.73.